The zero-order chi connectivity index (χ0) is 15.4. The third-order valence-electron chi connectivity index (χ3n) is 3.64. The first-order valence-corrected chi connectivity index (χ1v) is 8.63. The lowest BCUT2D eigenvalue weighted by atomic mass is 9.96. The van der Waals surface area contributed by atoms with E-state index in [0.717, 1.165) is 34.0 Å². The Bertz CT molecular complexity index is 548. The highest BCUT2D eigenvalue weighted by atomic mass is 79.9. The summed E-state index contributed by atoms with van der Waals surface area (Å²) in [5.41, 5.74) is 0.752. The largest absolute Gasteiger partial charge is 0.342 e. The number of carbonyl (C=O) groups excluding carboxylic acids is 2. The van der Waals surface area contributed by atoms with Crippen LogP contribution in [0.4, 0.5) is 5.69 Å². The second-order valence-corrected chi connectivity index (χ2v) is 6.92. The Hall–Kier alpha value is -0.880. The van der Waals surface area contributed by atoms with Crippen LogP contribution in [-0.4, -0.2) is 29.8 Å². The number of halogens is 2. The molecule has 1 aliphatic heterocycles. The van der Waals surface area contributed by atoms with Gasteiger partial charge in [-0.3, -0.25) is 9.59 Å². The van der Waals surface area contributed by atoms with Gasteiger partial charge in [-0.2, -0.15) is 0 Å². The summed E-state index contributed by atoms with van der Waals surface area (Å²) in [6, 6.07) is 5.63. The molecule has 21 heavy (non-hydrogen) atoms. The van der Waals surface area contributed by atoms with Crippen molar-refractivity contribution in [2.75, 3.05) is 18.4 Å². The maximum absolute atomic E-state index is 12.4. The first-order chi connectivity index (χ1) is 10.0. The predicted octanol–water partition coefficient (Wildman–Crippen LogP) is 3.80. The van der Waals surface area contributed by atoms with Gasteiger partial charge in [0.2, 0.25) is 11.8 Å². The molecule has 6 heteroatoms. The van der Waals surface area contributed by atoms with Crippen molar-refractivity contribution >= 4 is 49.4 Å². The Balaban J connectivity index is 2.01. The summed E-state index contributed by atoms with van der Waals surface area (Å²) in [5, 5.41) is 2.94. The molecule has 2 rings (SSSR count). The van der Waals surface area contributed by atoms with Crippen molar-refractivity contribution in [2.24, 2.45) is 5.92 Å². The average Bonchev–Trinajstić information content (AvgIpc) is 2.49. The normalized spacial score (nSPS) is 18.4. The molecule has 2 amide bonds. The lowest BCUT2D eigenvalue weighted by Gasteiger charge is -2.32. The number of amides is 2. The van der Waals surface area contributed by atoms with E-state index >= 15 is 0 Å². The lowest BCUT2D eigenvalue weighted by molar-refractivity contribution is -0.134. The van der Waals surface area contributed by atoms with Crippen LogP contribution in [0.25, 0.3) is 0 Å². The number of nitrogens with zero attached hydrogens (tertiary/aromatic N) is 1. The molecule has 1 aromatic rings. The van der Waals surface area contributed by atoms with Gasteiger partial charge in [0, 0.05) is 28.5 Å². The smallest absolute Gasteiger partial charge is 0.229 e. The number of hydrogen-bond donors (Lipinski definition) is 1. The average molecular weight is 418 g/mol. The van der Waals surface area contributed by atoms with Crippen molar-refractivity contribution in [1.82, 2.24) is 4.90 Å². The maximum Gasteiger partial charge on any atom is 0.229 e. The van der Waals surface area contributed by atoms with E-state index in [9.17, 15) is 9.59 Å². The number of anilines is 1. The monoisotopic (exact) mass is 416 g/mol. The molecule has 4 nitrogen and oxygen atoms in total. The van der Waals surface area contributed by atoms with Gasteiger partial charge < -0.3 is 10.2 Å². The number of carbonyl (C=O) groups is 2. The molecule has 1 N–H and O–H groups in total. The molecule has 0 aliphatic carbocycles. The van der Waals surface area contributed by atoms with E-state index < -0.39 is 0 Å². The Morgan fingerprint density at radius 1 is 1.38 bits per heavy atom. The zero-order valence-corrected chi connectivity index (χ0v) is 15.0. The minimum atomic E-state index is -0.134. The van der Waals surface area contributed by atoms with Gasteiger partial charge in [-0.25, -0.2) is 0 Å². The fraction of sp³-hybridized carbons (Fsp3) is 0.467. The van der Waals surface area contributed by atoms with E-state index in [1.54, 1.807) is 4.90 Å². The molecule has 1 saturated heterocycles. The van der Waals surface area contributed by atoms with Crippen LogP contribution in [0.5, 0.6) is 0 Å². The van der Waals surface area contributed by atoms with Crippen molar-refractivity contribution < 1.29 is 9.59 Å². The number of likely N-dealkylation sites (tertiary alicyclic amines) is 1. The minimum absolute atomic E-state index is 0.0216. The van der Waals surface area contributed by atoms with Crippen molar-refractivity contribution in [1.29, 1.82) is 0 Å². The number of piperidine rings is 1. The molecular weight excluding hydrogens is 400 g/mol. The maximum atomic E-state index is 12.4. The van der Waals surface area contributed by atoms with E-state index in [1.807, 2.05) is 25.1 Å². The van der Waals surface area contributed by atoms with Crippen LogP contribution in [0.15, 0.2) is 27.1 Å². The molecule has 1 aromatic carbocycles. The van der Waals surface area contributed by atoms with E-state index in [0.29, 0.717) is 13.0 Å². The molecule has 0 aromatic heterocycles. The highest BCUT2D eigenvalue weighted by molar-refractivity contribution is 9.11. The van der Waals surface area contributed by atoms with E-state index in [2.05, 4.69) is 37.2 Å². The van der Waals surface area contributed by atoms with E-state index in [4.69, 9.17) is 0 Å². The van der Waals surface area contributed by atoms with Crippen molar-refractivity contribution in [3.63, 3.8) is 0 Å². The van der Waals surface area contributed by atoms with Gasteiger partial charge in [-0.05, 0) is 47.0 Å². The fourth-order valence-corrected chi connectivity index (χ4v) is 3.61. The Morgan fingerprint density at radius 2 is 2.14 bits per heavy atom. The summed E-state index contributed by atoms with van der Waals surface area (Å²) < 4.78 is 1.78. The SMILES string of the molecule is CCC(=O)N1CCCC(C(=O)Nc2ccc(Br)cc2Br)C1. The van der Waals surface area contributed by atoms with Crippen molar-refractivity contribution in [3.8, 4) is 0 Å². The third-order valence-corrected chi connectivity index (χ3v) is 4.79. The van der Waals surface area contributed by atoms with E-state index in [-0.39, 0.29) is 17.7 Å². The third kappa shape index (κ3) is 4.30. The van der Waals surface area contributed by atoms with Crippen LogP contribution in [0.3, 0.4) is 0 Å². The second kappa shape index (κ2) is 7.40. The van der Waals surface area contributed by atoms with Gasteiger partial charge in [0.05, 0.1) is 11.6 Å². The number of hydrogen-bond acceptors (Lipinski definition) is 2. The quantitative estimate of drug-likeness (QED) is 0.812. The van der Waals surface area contributed by atoms with Gasteiger partial charge in [0.1, 0.15) is 0 Å². The van der Waals surface area contributed by atoms with Gasteiger partial charge >= 0.3 is 0 Å². The Kier molecular flexibility index (Phi) is 5.81. The summed E-state index contributed by atoms with van der Waals surface area (Å²) in [7, 11) is 0. The zero-order valence-electron chi connectivity index (χ0n) is 11.9. The second-order valence-electron chi connectivity index (χ2n) is 5.15. The van der Waals surface area contributed by atoms with E-state index in [1.165, 1.54) is 0 Å². The van der Waals surface area contributed by atoms with Crippen molar-refractivity contribution in [2.45, 2.75) is 26.2 Å². The Labute approximate surface area is 141 Å². The molecule has 1 fully saturated rings. The summed E-state index contributed by atoms with van der Waals surface area (Å²) in [5.74, 6) is -0.0336. The molecule has 1 atom stereocenters. The van der Waals surface area contributed by atoms with Crippen LogP contribution in [-0.2, 0) is 9.59 Å². The number of rotatable bonds is 3. The summed E-state index contributed by atoms with van der Waals surface area (Å²) in [6.07, 6.45) is 2.20. The number of benzene rings is 1. The molecule has 0 saturated carbocycles. The summed E-state index contributed by atoms with van der Waals surface area (Å²) in [4.78, 5) is 25.9. The van der Waals surface area contributed by atoms with Crippen LogP contribution in [0.1, 0.15) is 26.2 Å². The lowest BCUT2D eigenvalue weighted by Crippen LogP contribution is -2.43. The molecule has 1 unspecified atom stereocenters. The fourth-order valence-electron chi connectivity index (χ4n) is 2.47. The topological polar surface area (TPSA) is 49.4 Å². The highest BCUT2D eigenvalue weighted by Crippen LogP contribution is 2.27. The first-order valence-electron chi connectivity index (χ1n) is 7.05. The molecule has 0 radical (unpaired) electrons. The van der Waals surface area contributed by atoms with Gasteiger partial charge in [-0.1, -0.05) is 22.9 Å². The molecule has 1 heterocycles. The first kappa shape index (κ1) is 16.5. The van der Waals surface area contributed by atoms with Crippen LogP contribution < -0.4 is 5.32 Å². The van der Waals surface area contributed by atoms with Crippen molar-refractivity contribution in [3.05, 3.63) is 27.1 Å². The molecular formula is C15H18Br2N2O2. The van der Waals surface area contributed by atoms with Crippen LogP contribution >= 0.6 is 31.9 Å². The minimum Gasteiger partial charge on any atom is -0.342 e. The van der Waals surface area contributed by atoms with Gasteiger partial charge in [-0.15, -0.1) is 0 Å². The van der Waals surface area contributed by atoms with Crippen LogP contribution in [0, 0.1) is 5.92 Å². The van der Waals surface area contributed by atoms with Gasteiger partial charge in [0.15, 0.2) is 0 Å². The predicted molar refractivity (Wildman–Crippen MR) is 90.1 cm³/mol. The standard InChI is InChI=1S/C15H18Br2N2O2/c1-2-14(20)19-7-3-4-10(9-19)15(21)18-13-6-5-11(16)8-12(13)17/h5-6,8,10H,2-4,7,9H2,1H3,(H,18,21). The van der Waals surface area contributed by atoms with Gasteiger partial charge in [0.25, 0.3) is 0 Å². The molecule has 1 aliphatic rings. The molecule has 0 bridgehead atoms. The molecule has 114 valence electrons. The summed E-state index contributed by atoms with van der Waals surface area (Å²) in [6.45, 7) is 3.13. The Morgan fingerprint density at radius 3 is 2.81 bits per heavy atom. The van der Waals surface area contributed by atoms with Crippen LogP contribution in [0.2, 0.25) is 0 Å². The number of nitrogens with one attached hydrogen (secondary N) is 1. The summed E-state index contributed by atoms with van der Waals surface area (Å²) >= 11 is 6.82. The highest BCUT2D eigenvalue weighted by Gasteiger charge is 2.28. The molecule has 0 spiro atoms.